The molecule has 37 heavy (non-hydrogen) atoms. The van der Waals surface area contributed by atoms with Crippen molar-refractivity contribution < 1.29 is 4.79 Å². The Morgan fingerprint density at radius 3 is 2.59 bits per heavy atom. The summed E-state index contributed by atoms with van der Waals surface area (Å²) in [5.41, 5.74) is 5.74. The number of benzene rings is 2. The molecule has 8 heteroatoms. The van der Waals surface area contributed by atoms with Crippen LogP contribution in [0.25, 0.3) is 16.6 Å². The first-order chi connectivity index (χ1) is 18.0. The lowest BCUT2D eigenvalue weighted by atomic mass is 9.95. The van der Waals surface area contributed by atoms with Gasteiger partial charge in [0.05, 0.1) is 0 Å². The highest BCUT2D eigenvalue weighted by atomic mass is 16.1. The van der Waals surface area contributed by atoms with Gasteiger partial charge in [0.1, 0.15) is 12.7 Å². The van der Waals surface area contributed by atoms with Crippen molar-refractivity contribution in [3.05, 3.63) is 72.4 Å². The molecule has 8 nitrogen and oxygen atoms in total. The lowest BCUT2D eigenvalue weighted by Gasteiger charge is -2.32. The second kappa shape index (κ2) is 11.7. The van der Waals surface area contributed by atoms with Crippen LogP contribution in [-0.4, -0.2) is 56.7 Å². The Morgan fingerprint density at radius 2 is 1.86 bits per heavy atom. The largest absolute Gasteiger partial charge is 0.361 e. The van der Waals surface area contributed by atoms with Crippen LogP contribution >= 0.6 is 0 Å². The second-order valence-corrected chi connectivity index (χ2v) is 10.2. The van der Waals surface area contributed by atoms with Gasteiger partial charge in [-0.05, 0) is 106 Å². The van der Waals surface area contributed by atoms with Gasteiger partial charge < -0.3 is 20.5 Å². The summed E-state index contributed by atoms with van der Waals surface area (Å²) in [5.74, 6) is 0.684. The van der Waals surface area contributed by atoms with Crippen molar-refractivity contribution in [3.63, 3.8) is 0 Å². The molecule has 0 unspecified atom stereocenters. The first kappa shape index (κ1) is 25.2. The molecule has 1 fully saturated rings. The first-order valence-electron chi connectivity index (χ1n) is 13.3. The van der Waals surface area contributed by atoms with Gasteiger partial charge in [-0.25, -0.2) is 0 Å². The summed E-state index contributed by atoms with van der Waals surface area (Å²) in [5, 5.41) is 15.7. The summed E-state index contributed by atoms with van der Waals surface area (Å²) >= 11 is 0. The summed E-state index contributed by atoms with van der Waals surface area (Å²) in [7, 11) is 0. The average Bonchev–Trinajstić information content (AvgIpc) is 3.58. The summed E-state index contributed by atoms with van der Waals surface area (Å²) in [6.07, 6.45) is 10.4. The van der Waals surface area contributed by atoms with Gasteiger partial charge in [-0.3, -0.25) is 9.36 Å². The lowest BCUT2D eigenvalue weighted by molar-refractivity contribution is -0.114. The van der Waals surface area contributed by atoms with Crippen LogP contribution in [0.2, 0.25) is 0 Å². The lowest BCUT2D eigenvalue weighted by Crippen LogP contribution is -2.38. The van der Waals surface area contributed by atoms with Crippen molar-refractivity contribution in [2.45, 2.75) is 45.6 Å². The Kier molecular flexibility index (Phi) is 7.96. The van der Waals surface area contributed by atoms with E-state index in [1.165, 1.54) is 54.9 Å². The number of hydrogen-bond donors (Lipinski definition) is 3. The maximum Gasteiger partial charge on any atom is 0.221 e. The molecule has 2 aromatic carbocycles. The van der Waals surface area contributed by atoms with Crippen molar-refractivity contribution in [1.82, 2.24) is 30.0 Å². The Hall–Kier alpha value is -3.49. The molecule has 5 rings (SSSR count). The fraction of sp³-hybridized carbons (Fsp3) is 0.414. The molecule has 1 aliphatic rings. The number of piperidine rings is 1. The fourth-order valence-corrected chi connectivity index (χ4v) is 5.29. The van der Waals surface area contributed by atoms with Crippen LogP contribution in [0.3, 0.4) is 0 Å². The molecule has 1 amide bonds. The summed E-state index contributed by atoms with van der Waals surface area (Å²) in [4.78, 5) is 17.3. The number of nitrogens with one attached hydrogen (secondary N) is 3. The van der Waals surface area contributed by atoms with E-state index in [-0.39, 0.29) is 5.91 Å². The van der Waals surface area contributed by atoms with Gasteiger partial charge in [0.2, 0.25) is 5.91 Å². The second-order valence-electron chi connectivity index (χ2n) is 10.2. The number of rotatable bonds is 10. The smallest absolute Gasteiger partial charge is 0.221 e. The minimum absolute atomic E-state index is 0.0404. The predicted molar refractivity (Wildman–Crippen MR) is 148 cm³/mol. The van der Waals surface area contributed by atoms with Crippen LogP contribution < -0.4 is 10.6 Å². The van der Waals surface area contributed by atoms with Gasteiger partial charge in [-0.2, -0.15) is 0 Å². The zero-order valence-electron chi connectivity index (χ0n) is 21.8. The molecule has 0 radical (unpaired) electrons. The van der Waals surface area contributed by atoms with Gasteiger partial charge in [0.25, 0.3) is 0 Å². The predicted octanol–water partition coefficient (Wildman–Crippen LogP) is 4.70. The monoisotopic (exact) mass is 499 g/mol. The van der Waals surface area contributed by atoms with E-state index in [0.29, 0.717) is 6.04 Å². The third-order valence-electron chi connectivity index (χ3n) is 7.54. The van der Waals surface area contributed by atoms with E-state index in [1.807, 2.05) is 16.7 Å². The molecule has 4 aromatic rings. The van der Waals surface area contributed by atoms with Crippen molar-refractivity contribution in [1.29, 1.82) is 0 Å². The minimum atomic E-state index is -0.0404. The van der Waals surface area contributed by atoms with Gasteiger partial charge in [-0.15, -0.1) is 10.2 Å². The van der Waals surface area contributed by atoms with E-state index in [4.69, 9.17) is 0 Å². The van der Waals surface area contributed by atoms with E-state index in [2.05, 4.69) is 74.2 Å². The number of nitrogens with zero attached hydrogens (tertiary/aromatic N) is 4. The van der Waals surface area contributed by atoms with E-state index in [0.717, 1.165) is 43.2 Å². The van der Waals surface area contributed by atoms with Gasteiger partial charge in [0.15, 0.2) is 0 Å². The molecular weight excluding hydrogens is 462 g/mol. The molecule has 0 spiro atoms. The number of hydrogen-bond acceptors (Lipinski definition) is 5. The molecule has 0 saturated carbocycles. The highest BCUT2D eigenvalue weighted by Crippen LogP contribution is 2.24. The first-order valence-corrected chi connectivity index (χ1v) is 13.3. The zero-order valence-corrected chi connectivity index (χ0v) is 21.8. The van der Waals surface area contributed by atoms with Crippen LogP contribution in [0.1, 0.15) is 50.3 Å². The Morgan fingerprint density at radius 1 is 1.11 bits per heavy atom. The highest BCUT2D eigenvalue weighted by Gasteiger charge is 2.19. The third-order valence-corrected chi connectivity index (χ3v) is 7.54. The van der Waals surface area contributed by atoms with Crippen molar-refractivity contribution in [2.24, 2.45) is 5.92 Å². The van der Waals surface area contributed by atoms with Crippen LogP contribution in [0.4, 0.5) is 5.69 Å². The number of carbonyl (C=O) groups is 1. The van der Waals surface area contributed by atoms with Crippen LogP contribution in [0.5, 0.6) is 0 Å². The maximum atomic E-state index is 11.2. The third kappa shape index (κ3) is 6.45. The number of aryl methyl sites for hydroxylation is 1. The van der Waals surface area contributed by atoms with Crippen LogP contribution in [0.15, 0.2) is 61.3 Å². The fourth-order valence-electron chi connectivity index (χ4n) is 5.29. The van der Waals surface area contributed by atoms with Gasteiger partial charge in [-0.1, -0.05) is 12.1 Å². The Labute approximate surface area is 218 Å². The molecule has 3 N–H and O–H groups in total. The molecule has 0 bridgehead atoms. The number of likely N-dealkylation sites (tertiary alicyclic amines) is 1. The van der Waals surface area contributed by atoms with Crippen molar-refractivity contribution in [3.8, 4) is 5.69 Å². The molecule has 2 aromatic heterocycles. The number of amides is 1. The topological polar surface area (TPSA) is 90.9 Å². The minimum Gasteiger partial charge on any atom is -0.361 e. The summed E-state index contributed by atoms with van der Waals surface area (Å²) in [6, 6.07) is 14.9. The number of H-pyrrole nitrogens is 1. The quantitative estimate of drug-likeness (QED) is 0.294. The molecule has 1 aliphatic heterocycles. The Bertz CT molecular complexity index is 1290. The van der Waals surface area contributed by atoms with E-state index in [1.54, 1.807) is 12.7 Å². The number of aromatic nitrogens is 4. The molecule has 1 saturated heterocycles. The number of anilines is 1. The normalized spacial score (nSPS) is 15.7. The maximum absolute atomic E-state index is 11.2. The zero-order chi connectivity index (χ0) is 25.6. The van der Waals surface area contributed by atoms with E-state index >= 15 is 0 Å². The molecule has 1 atom stereocenters. The van der Waals surface area contributed by atoms with E-state index < -0.39 is 0 Å². The highest BCUT2D eigenvalue weighted by molar-refractivity contribution is 5.88. The van der Waals surface area contributed by atoms with Crippen molar-refractivity contribution >= 4 is 22.5 Å². The number of aromatic amines is 1. The van der Waals surface area contributed by atoms with Crippen LogP contribution in [0, 0.1) is 5.92 Å². The summed E-state index contributed by atoms with van der Waals surface area (Å²) < 4.78 is 1.94. The number of carbonyl (C=O) groups excluding carboxylic acids is 1. The number of fused-ring (bicyclic) bond motifs is 1. The average molecular weight is 500 g/mol. The molecule has 194 valence electrons. The molecular formula is C29H37N7O. The van der Waals surface area contributed by atoms with Gasteiger partial charge in [0, 0.05) is 41.4 Å². The van der Waals surface area contributed by atoms with Crippen LogP contribution in [-0.2, 0) is 11.2 Å². The summed E-state index contributed by atoms with van der Waals surface area (Å²) in [6.45, 7) is 8.30. The standard InChI is InChI=1S/C29H37N7O/c1-21(24-5-7-26(8-6-24)34-22(2)37)30-17-23-11-14-35(15-12-23)13-3-4-25-18-31-29-10-9-27(16-28(25)29)36-19-32-33-20-36/h5-10,16,18-21,23,30-31H,3-4,11-15,17H2,1-2H3,(H,34,37)/t21-/m0/s1. The van der Waals surface area contributed by atoms with E-state index in [9.17, 15) is 4.79 Å². The SMILES string of the molecule is CC(=O)Nc1ccc([C@H](C)NCC2CCN(CCCc3c[nH]c4ccc(-n5cnnc5)cc34)CC2)cc1. The Balaban J connectivity index is 1.04. The molecule has 0 aliphatic carbocycles. The molecule has 3 heterocycles. The van der Waals surface area contributed by atoms with Crippen molar-refractivity contribution in [2.75, 3.05) is 31.5 Å². The van der Waals surface area contributed by atoms with Gasteiger partial charge >= 0.3 is 0 Å².